The summed E-state index contributed by atoms with van der Waals surface area (Å²) < 4.78 is 37.1. The summed E-state index contributed by atoms with van der Waals surface area (Å²) in [5.74, 6) is -0.242. The quantitative estimate of drug-likeness (QED) is 0.854. The third-order valence-corrected chi connectivity index (χ3v) is 2.78. The Morgan fingerprint density at radius 2 is 1.71 bits per heavy atom. The first-order valence-electron chi connectivity index (χ1n) is 5.40. The molecule has 112 valence electrons. The fourth-order valence-electron chi connectivity index (χ4n) is 1.57. The molecule has 1 aromatic heterocycles. The van der Waals surface area contributed by atoms with Gasteiger partial charge in [-0.2, -0.15) is 18.3 Å². The summed E-state index contributed by atoms with van der Waals surface area (Å²) in [4.78, 5) is 24.9. The van der Waals surface area contributed by atoms with Crippen LogP contribution in [-0.4, -0.2) is 20.9 Å². The summed E-state index contributed by atoms with van der Waals surface area (Å²) in [6.07, 6.45) is -4.69. The molecular weight excluding hydrogens is 334 g/mol. The molecule has 1 aromatic carbocycles. The highest BCUT2D eigenvalue weighted by Gasteiger charge is 2.30. The van der Waals surface area contributed by atoms with Gasteiger partial charge in [0.1, 0.15) is 6.54 Å². The smallest absolute Gasteiger partial charge is 0.300 e. The minimum atomic E-state index is -4.69. The number of H-pyrrole nitrogens is 1. The van der Waals surface area contributed by atoms with Crippen LogP contribution in [0.5, 0.6) is 0 Å². The van der Waals surface area contributed by atoms with Crippen LogP contribution in [0, 0.1) is 0 Å². The molecule has 5 nitrogen and oxygen atoms in total. The van der Waals surface area contributed by atoms with Crippen LogP contribution in [0.3, 0.4) is 0 Å². The number of aromatic amines is 1. The lowest BCUT2D eigenvalue weighted by Crippen LogP contribution is -2.41. The zero-order valence-electron chi connectivity index (χ0n) is 10.0. The van der Waals surface area contributed by atoms with Crippen molar-refractivity contribution in [1.29, 1.82) is 0 Å². The van der Waals surface area contributed by atoms with Gasteiger partial charge in [-0.25, -0.2) is 4.68 Å². The number of hydrogen-bond acceptors (Lipinski definition) is 3. The molecule has 0 amide bonds. The summed E-state index contributed by atoms with van der Waals surface area (Å²) in [6.45, 7) is -1.67. The molecule has 21 heavy (non-hydrogen) atoms. The summed E-state index contributed by atoms with van der Waals surface area (Å²) >= 11 is 11.5. The van der Waals surface area contributed by atoms with Gasteiger partial charge in [-0.3, -0.25) is 9.59 Å². The minimum Gasteiger partial charge on any atom is -0.300 e. The van der Waals surface area contributed by atoms with E-state index in [2.05, 4.69) is 10.1 Å². The summed E-state index contributed by atoms with van der Waals surface area (Å²) in [6, 6.07) is 4.08. The van der Waals surface area contributed by atoms with E-state index in [1.165, 1.54) is 18.2 Å². The highest BCUT2D eigenvalue weighted by molar-refractivity contribution is 6.35. The third-order valence-electron chi connectivity index (χ3n) is 2.35. The van der Waals surface area contributed by atoms with Crippen LogP contribution in [0.2, 0.25) is 10.0 Å². The van der Waals surface area contributed by atoms with E-state index in [4.69, 9.17) is 23.2 Å². The normalized spacial score (nSPS) is 11.7. The van der Waals surface area contributed by atoms with Crippen LogP contribution in [0.15, 0.2) is 27.8 Å². The molecule has 0 aliphatic rings. The van der Waals surface area contributed by atoms with Gasteiger partial charge in [0.2, 0.25) is 0 Å². The molecule has 0 aliphatic heterocycles. The van der Waals surface area contributed by atoms with Crippen molar-refractivity contribution in [1.82, 2.24) is 14.8 Å². The van der Waals surface area contributed by atoms with Crippen LogP contribution in [-0.2, 0) is 6.54 Å². The van der Waals surface area contributed by atoms with Gasteiger partial charge in [0, 0.05) is 15.6 Å². The molecule has 0 spiro atoms. The van der Waals surface area contributed by atoms with Crippen LogP contribution in [0.25, 0.3) is 11.4 Å². The van der Waals surface area contributed by atoms with E-state index < -0.39 is 23.8 Å². The van der Waals surface area contributed by atoms with Crippen molar-refractivity contribution in [3.8, 4) is 11.4 Å². The fraction of sp³-hybridized carbons (Fsp3) is 0.182. The number of aromatic nitrogens is 3. The molecule has 0 saturated carbocycles. The Labute approximate surface area is 124 Å². The second-order valence-electron chi connectivity index (χ2n) is 4.04. The summed E-state index contributed by atoms with van der Waals surface area (Å²) in [5, 5.41) is 3.89. The molecule has 0 fully saturated rings. The predicted molar refractivity (Wildman–Crippen MR) is 70.6 cm³/mol. The maximum absolute atomic E-state index is 12.4. The Kier molecular flexibility index (Phi) is 4.11. The van der Waals surface area contributed by atoms with Gasteiger partial charge in [0.05, 0.1) is 0 Å². The van der Waals surface area contributed by atoms with Gasteiger partial charge in [0.25, 0.3) is 0 Å². The molecule has 2 aromatic rings. The lowest BCUT2D eigenvalue weighted by Gasteiger charge is -2.09. The molecule has 0 aliphatic carbocycles. The first-order valence-corrected chi connectivity index (χ1v) is 6.16. The maximum Gasteiger partial charge on any atom is 0.408 e. The fourth-order valence-corrected chi connectivity index (χ4v) is 2.09. The Bertz CT molecular complexity index is 778. The second-order valence-corrected chi connectivity index (χ2v) is 4.91. The van der Waals surface area contributed by atoms with Crippen molar-refractivity contribution in [3.63, 3.8) is 0 Å². The van der Waals surface area contributed by atoms with Gasteiger partial charge >= 0.3 is 17.3 Å². The monoisotopic (exact) mass is 339 g/mol. The molecular formula is C11H6Cl2F3N3O2. The van der Waals surface area contributed by atoms with E-state index in [0.29, 0.717) is 0 Å². The van der Waals surface area contributed by atoms with Crippen molar-refractivity contribution >= 4 is 23.2 Å². The molecule has 0 radical (unpaired) electrons. The SMILES string of the molecule is O=c1[nH]c(-c2cc(Cl)cc(Cl)c2)nn(CC(F)(F)F)c1=O. The first-order chi connectivity index (χ1) is 9.65. The number of benzene rings is 1. The van der Waals surface area contributed by atoms with E-state index in [1.54, 1.807) is 0 Å². The highest BCUT2D eigenvalue weighted by atomic mass is 35.5. The van der Waals surface area contributed by atoms with Crippen molar-refractivity contribution < 1.29 is 13.2 Å². The van der Waals surface area contributed by atoms with E-state index in [9.17, 15) is 22.8 Å². The van der Waals surface area contributed by atoms with Crippen LogP contribution in [0.4, 0.5) is 13.2 Å². The van der Waals surface area contributed by atoms with Crippen LogP contribution >= 0.6 is 23.2 Å². The maximum atomic E-state index is 12.4. The number of alkyl halides is 3. The number of rotatable bonds is 2. The topological polar surface area (TPSA) is 67.8 Å². The Hall–Kier alpha value is -1.80. The summed E-state index contributed by atoms with van der Waals surface area (Å²) in [7, 11) is 0. The molecule has 0 atom stereocenters. The Balaban J connectivity index is 2.60. The van der Waals surface area contributed by atoms with Crippen molar-refractivity contribution in [2.24, 2.45) is 0 Å². The largest absolute Gasteiger partial charge is 0.408 e. The van der Waals surface area contributed by atoms with Crippen molar-refractivity contribution in [2.75, 3.05) is 0 Å². The zero-order chi connectivity index (χ0) is 15.8. The number of hydrogen-bond donors (Lipinski definition) is 1. The van der Waals surface area contributed by atoms with Gasteiger partial charge in [-0.15, -0.1) is 0 Å². The van der Waals surface area contributed by atoms with E-state index in [-0.39, 0.29) is 26.1 Å². The summed E-state index contributed by atoms with van der Waals surface area (Å²) in [5.41, 5.74) is -2.44. The number of nitrogens with zero attached hydrogens (tertiary/aromatic N) is 2. The lowest BCUT2D eigenvalue weighted by molar-refractivity contribution is -0.143. The number of halogens is 5. The van der Waals surface area contributed by atoms with E-state index >= 15 is 0 Å². The lowest BCUT2D eigenvalue weighted by atomic mass is 10.2. The van der Waals surface area contributed by atoms with Gasteiger partial charge in [-0.05, 0) is 18.2 Å². The van der Waals surface area contributed by atoms with E-state index in [1.807, 2.05) is 0 Å². The molecule has 1 N–H and O–H groups in total. The third kappa shape index (κ3) is 3.85. The molecule has 1 heterocycles. The van der Waals surface area contributed by atoms with E-state index in [0.717, 1.165) is 0 Å². The standard InChI is InChI=1S/C11H6Cl2F3N3O2/c12-6-1-5(2-7(13)3-6)8-17-9(20)10(21)19(18-8)4-11(14,15)16/h1-3H,4H2,(H,17,18,20). The van der Waals surface area contributed by atoms with Crippen molar-refractivity contribution in [3.05, 3.63) is 49.0 Å². The predicted octanol–water partition coefficient (Wildman–Crippen LogP) is 2.47. The van der Waals surface area contributed by atoms with Gasteiger partial charge in [-0.1, -0.05) is 23.2 Å². The number of nitrogens with one attached hydrogen (secondary N) is 1. The van der Waals surface area contributed by atoms with Crippen LogP contribution < -0.4 is 11.1 Å². The zero-order valence-corrected chi connectivity index (χ0v) is 11.6. The Morgan fingerprint density at radius 3 is 2.24 bits per heavy atom. The first kappa shape index (κ1) is 15.6. The molecule has 0 saturated heterocycles. The van der Waals surface area contributed by atoms with Gasteiger partial charge < -0.3 is 4.98 Å². The Morgan fingerprint density at radius 1 is 1.14 bits per heavy atom. The molecule has 2 rings (SSSR count). The van der Waals surface area contributed by atoms with Crippen molar-refractivity contribution in [2.45, 2.75) is 12.7 Å². The van der Waals surface area contributed by atoms with Gasteiger partial charge in [0.15, 0.2) is 5.82 Å². The van der Waals surface area contributed by atoms with Crippen LogP contribution in [0.1, 0.15) is 0 Å². The minimum absolute atomic E-state index is 0.0446. The second kappa shape index (κ2) is 5.53. The average Bonchev–Trinajstić information content (AvgIpc) is 2.31. The highest BCUT2D eigenvalue weighted by Crippen LogP contribution is 2.24. The molecule has 0 unspecified atom stereocenters. The molecule has 0 bridgehead atoms. The molecule has 10 heteroatoms. The average molecular weight is 340 g/mol.